The quantitative estimate of drug-likeness (QED) is 0.876. The summed E-state index contributed by atoms with van der Waals surface area (Å²) in [5.74, 6) is 0.564. The number of amides is 2. The average Bonchev–Trinajstić information content (AvgIpc) is 3.06. The van der Waals surface area contributed by atoms with Crippen molar-refractivity contribution in [1.29, 1.82) is 0 Å². The molecule has 118 valence electrons. The van der Waals surface area contributed by atoms with Gasteiger partial charge in [-0.15, -0.1) is 0 Å². The standard InChI is InChI=1S/C17H16N2O4/c20-16(18-9-12-4-2-1-3-5-12)10-19-17(21)13-6-7-14-15(8-13)23-11-22-14/h1-8H,9-11H2,(H,18,20)(H,19,21). The molecule has 2 aromatic rings. The zero-order valence-corrected chi connectivity index (χ0v) is 12.4. The molecule has 0 spiro atoms. The first kappa shape index (κ1) is 14.9. The van der Waals surface area contributed by atoms with Gasteiger partial charge in [0.2, 0.25) is 12.7 Å². The van der Waals surface area contributed by atoms with Crippen LogP contribution in [0, 0.1) is 0 Å². The molecule has 2 N–H and O–H groups in total. The van der Waals surface area contributed by atoms with Crippen LogP contribution in [0.3, 0.4) is 0 Å². The Morgan fingerprint density at radius 3 is 2.57 bits per heavy atom. The van der Waals surface area contributed by atoms with Crippen LogP contribution in [0.2, 0.25) is 0 Å². The lowest BCUT2D eigenvalue weighted by Crippen LogP contribution is -2.36. The Hall–Kier alpha value is -3.02. The number of ether oxygens (including phenoxy) is 2. The summed E-state index contributed by atoms with van der Waals surface area (Å²) in [4.78, 5) is 23.8. The van der Waals surface area contributed by atoms with E-state index >= 15 is 0 Å². The van der Waals surface area contributed by atoms with E-state index in [1.807, 2.05) is 30.3 Å². The predicted molar refractivity (Wildman–Crippen MR) is 83.2 cm³/mol. The summed E-state index contributed by atoms with van der Waals surface area (Å²) in [6.07, 6.45) is 0. The number of hydrogen-bond acceptors (Lipinski definition) is 4. The lowest BCUT2D eigenvalue weighted by molar-refractivity contribution is -0.120. The van der Waals surface area contributed by atoms with E-state index in [0.717, 1.165) is 5.56 Å². The number of hydrogen-bond donors (Lipinski definition) is 2. The van der Waals surface area contributed by atoms with Crippen LogP contribution in [0.5, 0.6) is 11.5 Å². The van der Waals surface area contributed by atoms with Crippen LogP contribution >= 0.6 is 0 Å². The first-order valence-electron chi connectivity index (χ1n) is 7.21. The summed E-state index contributed by atoms with van der Waals surface area (Å²) in [5.41, 5.74) is 1.42. The van der Waals surface area contributed by atoms with Crippen LogP contribution in [0.1, 0.15) is 15.9 Å². The minimum Gasteiger partial charge on any atom is -0.454 e. The first-order valence-corrected chi connectivity index (χ1v) is 7.21. The maximum atomic E-state index is 12.0. The van der Waals surface area contributed by atoms with Crippen LogP contribution in [0.15, 0.2) is 48.5 Å². The molecule has 3 rings (SSSR count). The van der Waals surface area contributed by atoms with Crippen molar-refractivity contribution in [3.8, 4) is 11.5 Å². The molecule has 1 aliphatic rings. The van der Waals surface area contributed by atoms with Gasteiger partial charge in [0.05, 0.1) is 6.54 Å². The summed E-state index contributed by atoms with van der Waals surface area (Å²) in [7, 11) is 0. The molecule has 6 nitrogen and oxygen atoms in total. The summed E-state index contributed by atoms with van der Waals surface area (Å²) in [6.45, 7) is 0.502. The second kappa shape index (κ2) is 6.83. The summed E-state index contributed by atoms with van der Waals surface area (Å²) < 4.78 is 10.4. The molecular formula is C17H16N2O4. The van der Waals surface area contributed by atoms with Gasteiger partial charge in [-0.3, -0.25) is 9.59 Å². The Morgan fingerprint density at radius 2 is 1.74 bits per heavy atom. The number of carbonyl (C=O) groups excluding carboxylic acids is 2. The van der Waals surface area contributed by atoms with Gasteiger partial charge in [-0.1, -0.05) is 30.3 Å². The smallest absolute Gasteiger partial charge is 0.251 e. The number of nitrogens with one attached hydrogen (secondary N) is 2. The molecular weight excluding hydrogens is 296 g/mol. The number of benzene rings is 2. The highest BCUT2D eigenvalue weighted by molar-refractivity contribution is 5.97. The SMILES string of the molecule is O=C(CNC(=O)c1ccc2c(c1)OCO2)NCc1ccccc1. The fraction of sp³-hybridized carbons (Fsp3) is 0.176. The van der Waals surface area contributed by atoms with Crippen molar-refractivity contribution in [3.05, 3.63) is 59.7 Å². The molecule has 0 unspecified atom stereocenters. The molecule has 2 amide bonds. The first-order chi connectivity index (χ1) is 11.2. The van der Waals surface area contributed by atoms with Crippen LogP contribution < -0.4 is 20.1 Å². The van der Waals surface area contributed by atoms with E-state index in [-0.39, 0.29) is 25.2 Å². The van der Waals surface area contributed by atoms with Crippen LogP contribution in [-0.2, 0) is 11.3 Å². The van der Waals surface area contributed by atoms with Crippen molar-refractivity contribution in [2.24, 2.45) is 0 Å². The Bertz CT molecular complexity index is 716. The topological polar surface area (TPSA) is 76.7 Å². The third-order valence-corrected chi connectivity index (χ3v) is 3.38. The molecule has 1 aliphatic heterocycles. The molecule has 0 saturated carbocycles. The molecule has 0 aliphatic carbocycles. The third kappa shape index (κ3) is 3.79. The summed E-state index contributed by atoms with van der Waals surface area (Å²) in [5, 5.41) is 5.33. The normalized spacial score (nSPS) is 11.8. The number of carbonyl (C=O) groups is 2. The van der Waals surface area contributed by atoms with Gasteiger partial charge < -0.3 is 20.1 Å². The molecule has 0 radical (unpaired) electrons. The van der Waals surface area contributed by atoms with Crippen molar-refractivity contribution in [1.82, 2.24) is 10.6 Å². The number of fused-ring (bicyclic) bond motifs is 1. The Balaban J connectivity index is 1.48. The second-order valence-corrected chi connectivity index (χ2v) is 5.01. The molecule has 0 fully saturated rings. The molecule has 0 atom stereocenters. The lowest BCUT2D eigenvalue weighted by atomic mass is 10.2. The van der Waals surface area contributed by atoms with Crippen molar-refractivity contribution < 1.29 is 19.1 Å². The van der Waals surface area contributed by atoms with E-state index in [1.165, 1.54) is 0 Å². The molecule has 23 heavy (non-hydrogen) atoms. The third-order valence-electron chi connectivity index (χ3n) is 3.38. The van der Waals surface area contributed by atoms with Gasteiger partial charge in [-0.05, 0) is 23.8 Å². The van der Waals surface area contributed by atoms with Gasteiger partial charge in [0.25, 0.3) is 5.91 Å². The molecule has 0 aromatic heterocycles. The summed E-state index contributed by atoms with van der Waals surface area (Å²) in [6, 6.07) is 14.5. The largest absolute Gasteiger partial charge is 0.454 e. The van der Waals surface area contributed by atoms with Crippen molar-refractivity contribution in [2.75, 3.05) is 13.3 Å². The monoisotopic (exact) mass is 312 g/mol. The van der Waals surface area contributed by atoms with Gasteiger partial charge >= 0.3 is 0 Å². The fourth-order valence-corrected chi connectivity index (χ4v) is 2.16. The van der Waals surface area contributed by atoms with E-state index in [4.69, 9.17) is 9.47 Å². The second-order valence-electron chi connectivity index (χ2n) is 5.01. The maximum Gasteiger partial charge on any atom is 0.251 e. The number of rotatable bonds is 5. The van der Waals surface area contributed by atoms with Crippen molar-refractivity contribution in [3.63, 3.8) is 0 Å². The Morgan fingerprint density at radius 1 is 0.957 bits per heavy atom. The highest BCUT2D eigenvalue weighted by atomic mass is 16.7. The van der Waals surface area contributed by atoms with E-state index in [9.17, 15) is 9.59 Å². The minimum atomic E-state index is -0.335. The highest BCUT2D eigenvalue weighted by Crippen LogP contribution is 2.32. The fourth-order valence-electron chi connectivity index (χ4n) is 2.16. The zero-order chi connectivity index (χ0) is 16.1. The van der Waals surface area contributed by atoms with Gasteiger partial charge in [0.15, 0.2) is 11.5 Å². The van der Waals surface area contributed by atoms with Crippen LogP contribution in [-0.4, -0.2) is 25.2 Å². The van der Waals surface area contributed by atoms with Crippen molar-refractivity contribution in [2.45, 2.75) is 6.54 Å². The Labute approximate surface area is 133 Å². The zero-order valence-electron chi connectivity index (χ0n) is 12.4. The predicted octanol–water partition coefficient (Wildman–Crippen LogP) is 1.46. The van der Waals surface area contributed by atoms with Crippen LogP contribution in [0.25, 0.3) is 0 Å². The van der Waals surface area contributed by atoms with Crippen molar-refractivity contribution >= 4 is 11.8 Å². The van der Waals surface area contributed by atoms with E-state index in [0.29, 0.717) is 23.6 Å². The molecule has 0 saturated heterocycles. The molecule has 6 heteroatoms. The molecule has 1 heterocycles. The Kier molecular flexibility index (Phi) is 4.42. The van der Waals surface area contributed by atoms with Gasteiger partial charge in [-0.2, -0.15) is 0 Å². The summed E-state index contributed by atoms with van der Waals surface area (Å²) >= 11 is 0. The average molecular weight is 312 g/mol. The van der Waals surface area contributed by atoms with E-state index in [1.54, 1.807) is 18.2 Å². The molecule has 0 bridgehead atoms. The van der Waals surface area contributed by atoms with Gasteiger partial charge in [-0.25, -0.2) is 0 Å². The van der Waals surface area contributed by atoms with Gasteiger partial charge in [0.1, 0.15) is 0 Å². The van der Waals surface area contributed by atoms with Gasteiger partial charge in [0, 0.05) is 12.1 Å². The maximum absolute atomic E-state index is 12.0. The van der Waals surface area contributed by atoms with E-state index < -0.39 is 0 Å². The lowest BCUT2D eigenvalue weighted by Gasteiger charge is -2.07. The molecule has 2 aromatic carbocycles. The van der Waals surface area contributed by atoms with E-state index in [2.05, 4.69) is 10.6 Å². The minimum absolute atomic E-state index is 0.0832. The van der Waals surface area contributed by atoms with Crippen LogP contribution in [0.4, 0.5) is 0 Å². The highest BCUT2D eigenvalue weighted by Gasteiger charge is 2.16.